The lowest BCUT2D eigenvalue weighted by Gasteiger charge is -2.43. The number of hydrogen-bond donors (Lipinski definition) is 3. The molecule has 54 heavy (non-hydrogen) atoms. The molecule has 2 atom stereocenters. The first kappa shape index (κ1) is 38.5. The van der Waals surface area contributed by atoms with Crippen LogP contribution in [0.5, 0.6) is 0 Å². The van der Waals surface area contributed by atoms with Crippen molar-refractivity contribution in [2.24, 2.45) is 0 Å². The number of imide groups is 1. The van der Waals surface area contributed by atoms with Crippen molar-refractivity contribution in [3.63, 3.8) is 0 Å². The Morgan fingerprint density at radius 1 is 0.944 bits per heavy atom. The number of carbonyl (C=O) groups excluding carboxylic acids is 3. The van der Waals surface area contributed by atoms with E-state index >= 15 is 4.79 Å². The van der Waals surface area contributed by atoms with Crippen LogP contribution in [0.2, 0.25) is 25.7 Å². The highest BCUT2D eigenvalue weighted by atomic mass is 32.2. The number of carbonyl (C=O) groups is 3. The molecular formula is C39H56N8O5SSi. The largest absolute Gasteiger partial charge is 0.341 e. The second kappa shape index (κ2) is 16.1. The number of H-pyrrole nitrogens is 1. The van der Waals surface area contributed by atoms with Crippen molar-refractivity contribution in [3.05, 3.63) is 59.8 Å². The fraction of sp³-hybridized carbons (Fsp3) is 0.590. The van der Waals surface area contributed by atoms with Gasteiger partial charge in [-0.1, -0.05) is 50.3 Å². The maximum absolute atomic E-state index is 15.0. The number of nitrogens with zero attached hydrogens (tertiary/aromatic N) is 5. The number of aromatic amines is 1. The van der Waals surface area contributed by atoms with Gasteiger partial charge < -0.3 is 25.3 Å². The average Bonchev–Trinajstić information content (AvgIpc) is 3.65. The van der Waals surface area contributed by atoms with Crippen molar-refractivity contribution in [1.29, 1.82) is 0 Å². The molecule has 13 nitrogen and oxygen atoms in total. The molecule has 0 spiro atoms. The zero-order chi connectivity index (χ0) is 38.0. The van der Waals surface area contributed by atoms with Crippen LogP contribution in [0.15, 0.2) is 48.7 Å². The van der Waals surface area contributed by atoms with E-state index in [0.29, 0.717) is 48.4 Å². The maximum Gasteiger partial charge on any atom is 0.333 e. The Kier molecular flexibility index (Phi) is 11.5. The molecule has 2 aromatic carbocycles. The van der Waals surface area contributed by atoms with Crippen LogP contribution in [0.25, 0.3) is 10.9 Å². The van der Waals surface area contributed by atoms with Crippen molar-refractivity contribution in [2.45, 2.75) is 101 Å². The Morgan fingerprint density at radius 3 is 2.39 bits per heavy atom. The molecule has 0 aliphatic carbocycles. The summed E-state index contributed by atoms with van der Waals surface area (Å²) in [5, 5.41) is 12.7. The minimum Gasteiger partial charge on any atom is -0.341 e. The average molecular weight is 777 g/mol. The third-order valence-electron chi connectivity index (χ3n) is 11.8. The van der Waals surface area contributed by atoms with E-state index in [2.05, 4.69) is 45.4 Å². The minimum absolute atomic E-state index is 0.0580. The Hall–Kier alpha value is -3.79. The molecule has 0 bridgehead atoms. The first-order valence-electron chi connectivity index (χ1n) is 19.8. The van der Waals surface area contributed by atoms with E-state index in [4.69, 9.17) is 0 Å². The minimum atomic E-state index is -4.04. The number of nitrogens with one attached hydrogen (secondary N) is 3. The summed E-state index contributed by atoms with van der Waals surface area (Å²) in [6.07, 6.45) is 8.30. The van der Waals surface area contributed by atoms with Gasteiger partial charge in [-0.05, 0) is 100 Å². The van der Waals surface area contributed by atoms with Gasteiger partial charge in [0.15, 0.2) is 9.84 Å². The molecule has 1 aromatic heterocycles. The number of benzene rings is 2. The van der Waals surface area contributed by atoms with Crippen molar-refractivity contribution in [3.8, 4) is 0 Å². The molecule has 0 radical (unpaired) electrons. The van der Waals surface area contributed by atoms with E-state index in [0.717, 1.165) is 67.8 Å². The fourth-order valence-electron chi connectivity index (χ4n) is 8.66. The van der Waals surface area contributed by atoms with Crippen molar-refractivity contribution >= 4 is 52.5 Å². The summed E-state index contributed by atoms with van der Waals surface area (Å²) in [6.45, 7) is 11.3. The number of fused-ring (bicyclic) bond motifs is 2. The molecule has 3 fully saturated rings. The monoisotopic (exact) mass is 776 g/mol. The van der Waals surface area contributed by atoms with E-state index in [1.165, 1.54) is 19.3 Å². The predicted molar refractivity (Wildman–Crippen MR) is 214 cm³/mol. The Balaban J connectivity index is 1.26. The summed E-state index contributed by atoms with van der Waals surface area (Å²) in [5.74, 6) is -0.565. The lowest BCUT2D eigenvalue weighted by molar-refractivity contribution is -0.135. The summed E-state index contributed by atoms with van der Waals surface area (Å²) < 4.78 is 29.6. The first-order valence-corrected chi connectivity index (χ1v) is 25.2. The van der Waals surface area contributed by atoms with Crippen LogP contribution in [0.3, 0.4) is 0 Å². The van der Waals surface area contributed by atoms with E-state index in [-0.39, 0.29) is 11.8 Å². The van der Waals surface area contributed by atoms with Gasteiger partial charge >= 0.3 is 12.1 Å². The van der Waals surface area contributed by atoms with Crippen LogP contribution in [-0.2, 0) is 21.2 Å². The number of rotatable bonds is 10. The zero-order valence-corrected chi connectivity index (χ0v) is 33.7. The van der Waals surface area contributed by atoms with Gasteiger partial charge in [0.25, 0.3) is 0 Å². The molecular weight excluding hydrogens is 721 g/mol. The second-order valence-corrected chi connectivity index (χ2v) is 24.6. The Labute approximate surface area is 320 Å². The number of para-hydroxylation sites is 1. The van der Waals surface area contributed by atoms with Crippen LogP contribution >= 0.6 is 0 Å². The van der Waals surface area contributed by atoms with Gasteiger partial charge in [0, 0.05) is 50.9 Å². The maximum atomic E-state index is 15.0. The van der Waals surface area contributed by atoms with E-state index in [1.807, 2.05) is 12.1 Å². The predicted octanol–water partition coefficient (Wildman–Crippen LogP) is 5.11. The SMILES string of the molecule is C[Si](C)(C)CCS(=O)(=O)[C@H](c1ccc2[nH]ncc2c1)C(NC(=O)N1C(=O)N(C2CCNCC2)Cc2ccccc21)C(=O)N1CCC(N2CCCCC2)CC1. The van der Waals surface area contributed by atoms with Crippen molar-refractivity contribution < 1.29 is 22.8 Å². The molecule has 3 aromatic rings. The Bertz CT molecular complexity index is 1930. The van der Waals surface area contributed by atoms with E-state index < -0.39 is 47.2 Å². The number of likely N-dealkylation sites (tertiary alicyclic amines) is 2. The lowest BCUT2D eigenvalue weighted by Crippen LogP contribution is -2.62. The van der Waals surface area contributed by atoms with Gasteiger partial charge in [0.05, 0.1) is 17.4 Å². The third kappa shape index (κ3) is 8.38. The molecule has 3 N–H and O–H groups in total. The van der Waals surface area contributed by atoms with Crippen LogP contribution < -0.4 is 15.5 Å². The molecule has 3 saturated heterocycles. The fourth-order valence-corrected chi connectivity index (χ4v) is 13.7. The van der Waals surface area contributed by atoms with Crippen molar-refractivity contribution in [1.82, 2.24) is 35.5 Å². The summed E-state index contributed by atoms with van der Waals surface area (Å²) in [6, 6.07) is 10.6. The van der Waals surface area contributed by atoms with E-state index in [9.17, 15) is 18.0 Å². The van der Waals surface area contributed by atoms with Crippen LogP contribution in [0, 0.1) is 0 Å². The smallest absolute Gasteiger partial charge is 0.333 e. The molecule has 4 aliphatic heterocycles. The highest BCUT2D eigenvalue weighted by Crippen LogP contribution is 2.35. The number of urea groups is 2. The molecule has 5 amide bonds. The van der Waals surface area contributed by atoms with Crippen LogP contribution in [0.4, 0.5) is 15.3 Å². The standard InChI is InChI=1S/C39H56N8O5SSi/c1-54(2,3)24-23-53(51,52)36(28-11-12-33-30(25-28)26-41-43-33)35(37(48)45-21-15-31(16-22-45)44-19-7-4-8-20-44)42-38(49)47-34-10-6-5-9-29(34)27-46(39(47)50)32-13-17-40-18-14-32/h5-6,9-12,25-26,31-32,35-36,40H,4,7-8,13-24,27H2,1-3H3,(H,41,43)(H,42,49)/t35?,36-/m1/s1. The van der Waals surface area contributed by atoms with Gasteiger partial charge in [-0.25, -0.2) is 22.9 Å². The first-order chi connectivity index (χ1) is 25.9. The molecule has 15 heteroatoms. The van der Waals surface area contributed by atoms with Crippen LogP contribution in [0.1, 0.15) is 61.3 Å². The Morgan fingerprint density at radius 2 is 1.67 bits per heavy atom. The molecule has 1 unspecified atom stereocenters. The summed E-state index contributed by atoms with van der Waals surface area (Å²) in [4.78, 5) is 51.3. The molecule has 0 saturated carbocycles. The van der Waals surface area contributed by atoms with Gasteiger partial charge in [-0.15, -0.1) is 0 Å². The number of anilines is 1. The quantitative estimate of drug-likeness (QED) is 0.241. The van der Waals surface area contributed by atoms with Crippen LogP contribution in [-0.4, -0.2) is 123 Å². The number of amides is 5. The third-order valence-corrected chi connectivity index (χ3v) is 16.0. The molecule has 7 rings (SSSR count). The lowest BCUT2D eigenvalue weighted by atomic mass is 9.97. The summed E-state index contributed by atoms with van der Waals surface area (Å²) >= 11 is 0. The normalized spacial score (nSPS) is 20.9. The summed E-state index contributed by atoms with van der Waals surface area (Å²) in [5.41, 5.74) is 2.40. The number of sulfone groups is 1. The van der Waals surface area contributed by atoms with Gasteiger partial charge in [-0.3, -0.25) is 9.89 Å². The number of piperidine rings is 3. The summed E-state index contributed by atoms with van der Waals surface area (Å²) in [7, 11) is -5.88. The molecule has 5 heterocycles. The second-order valence-electron chi connectivity index (χ2n) is 16.8. The zero-order valence-electron chi connectivity index (χ0n) is 31.9. The van der Waals surface area contributed by atoms with Crippen molar-refractivity contribution in [2.75, 3.05) is 49.9 Å². The number of aromatic nitrogens is 2. The van der Waals surface area contributed by atoms with Gasteiger partial charge in [0.1, 0.15) is 11.3 Å². The highest BCUT2D eigenvalue weighted by Gasteiger charge is 2.46. The molecule has 292 valence electrons. The highest BCUT2D eigenvalue weighted by molar-refractivity contribution is 7.91. The van der Waals surface area contributed by atoms with E-state index in [1.54, 1.807) is 46.3 Å². The van der Waals surface area contributed by atoms with Gasteiger partial charge in [0.2, 0.25) is 5.91 Å². The topological polar surface area (TPSA) is 151 Å². The van der Waals surface area contributed by atoms with Gasteiger partial charge in [-0.2, -0.15) is 5.10 Å². The molecule has 4 aliphatic rings. The number of hydrogen-bond acceptors (Lipinski definition) is 8.